The number of rotatable bonds is 6. The summed E-state index contributed by atoms with van der Waals surface area (Å²) in [7, 11) is 1.89. The molecular weight excluding hydrogens is 254 g/mol. The van der Waals surface area contributed by atoms with Crippen molar-refractivity contribution in [2.45, 2.75) is 26.8 Å². The lowest BCUT2D eigenvalue weighted by Crippen LogP contribution is -2.24. The second-order valence-corrected chi connectivity index (χ2v) is 5.28. The van der Waals surface area contributed by atoms with Crippen LogP contribution in [0.15, 0.2) is 29.3 Å². The van der Waals surface area contributed by atoms with Crippen molar-refractivity contribution >= 4 is 5.69 Å². The van der Waals surface area contributed by atoms with E-state index in [1.165, 1.54) is 4.68 Å². The van der Waals surface area contributed by atoms with Gasteiger partial charge >= 0.3 is 0 Å². The predicted octanol–water partition coefficient (Wildman–Crippen LogP) is 1.29. The first-order valence-electron chi connectivity index (χ1n) is 6.84. The Hall–Kier alpha value is -2.11. The number of nitrogens with one attached hydrogen (secondary N) is 1. The van der Waals surface area contributed by atoms with E-state index >= 15 is 0 Å². The van der Waals surface area contributed by atoms with E-state index in [0.717, 1.165) is 24.3 Å². The average Bonchev–Trinajstić information content (AvgIpc) is 2.81. The molecular formula is C14H21N5O. The van der Waals surface area contributed by atoms with E-state index in [-0.39, 0.29) is 5.56 Å². The number of aromatic nitrogens is 4. The van der Waals surface area contributed by atoms with E-state index in [1.807, 2.05) is 17.8 Å². The second-order valence-electron chi connectivity index (χ2n) is 5.28. The highest BCUT2D eigenvalue weighted by molar-refractivity contribution is 5.38. The maximum atomic E-state index is 12.0. The fourth-order valence-corrected chi connectivity index (χ4v) is 1.89. The van der Waals surface area contributed by atoms with Gasteiger partial charge in [0.25, 0.3) is 5.56 Å². The van der Waals surface area contributed by atoms with E-state index < -0.39 is 0 Å². The minimum absolute atomic E-state index is 0.0825. The molecule has 2 rings (SSSR count). The largest absolute Gasteiger partial charge is 0.383 e. The monoisotopic (exact) mass is 275 g/mol. The quantitative estimate of drug-likeness (QED) is 0.862. The molecule has 1 N–H and O–H groups in total. The third-order valence-corrected chi connectivity index (χ3v) is 3.09. The summed E-state index contributed by atoms with van der Waals surface area (Å²) in [6, 6.07) is 3.54. The highest BCUT2D eigenvalue weighted by atomic mass is 16.1. The summed E-state index contributed by atoms with van der Waals surface area (Å²) in [4.78, 5) is 12.0. The van der Waals surface area contributed by atoms with E-state index in [1.54, 1.807) is 18.5 Å². The zero-order valence-corrected chi connectivity index (χ0v) is 12.2. The van der Waals surface area contributed by atoms with Crippen LogP contribution >= 0.6 is 0 Å². The molecule has 0 fully saturated rings. The van der Waals surface area contributed by atoms with Crippen molar-refractivity contribution < 1.29 is 0 Å². The van der Waals surface area contributed by atoms with Gasteiger partial charge in [-0.15, -0.1) is 0 Å². The molecule has 0 aliphatic carbocycles. The lowest BCUT2D eigenvalue weighted by molar-refractivity contribution is 0.558. The molecule has 0 atom stereocenters. The van der Waals surface area contributed by atoms with Crippen LogP contribution in [-0.4, -0.2) is 26.1 Å². The molecule has 2 aromatic rings. The van der Waals surface area contributed by atoms with Crippen LogP contribution in [0.2, 0.25) is 0 Å². The van der Waals surface area contributed by atoms with E-state index in [0.29, 0.717) is 12.5 Å². The van der Waals surface area contributed by atoms with Crippen molar-refractivity contribution in [2.75, 3.05) is 11.9 Å². The third kappa shape index (κ3) is 3.69. The Labute approximate surface area is 118 Å². The fraction of sp³-hybridized carbons (Fsp3) is 0.500. The maximum Gasteiger partial charge on any atom is 0.268 e. The van der Waals surface area contributed by atoms with Crippen molar-refractivity contribution in [1.82, 2.24) is 19.6 Å². The number of hydrogen-bond donors (Lipinski definition) is 1. The van der Waals surface area contributed by atoms with Gasteiger partial charge in [0.1, 0.15) is 0 Å². The minimum atomic E-state index is -0.0825. The Morgan fingerprint density at radius 3 is 2.75 bits per heavy atom. The van der Waals surface area contributed by atoms with Crippen molar-refractivity contribution in [3.05, 3.63) is 40.6 Å². The zero-order valence-electron chi connectivity index (χ0n) is 12.2. The van der Waals surface area contributed by atoms with E-state index in [2.05, 4.69) is 29.4 Å². The first kappa shape index (κ1) is 14.3. The molecule has 2 heterocycles. The van der Waals surface area contributed by atoms with Crippen molar-refractivity contribution in [2.24, 2.45) is 13.0 Å². The van der Waals surface area contributed by atoms with Crippen molar-refractivity contribution in [3.8, 4) is 0 Å². The van der Waals surface area contributed by atoms with Crippen LogP contribution in [0.1, 0.15) is 19.5 Å². The molecule has 0 aromatic carbocycles. The summed E-state index contributed by atoms with van der Waals surface area (Å²) in [5.41, 5.74) is 1.78. The molecule has 0 unspecified atom stereocenters. The van der Waals surface area contributed by atoms with Crippen molar-refractivity contribution in [3.63, 3.8) is 0 Å². The maximum absolute atomic E-state index is 12.0. The SMILES string of the molecule is CC(C)CNc1cnn(CCc2ccnn2C)c(=O)c1. The standard InChI is InChI=1S/C14H21N5O/c1-11(2)9-15-12-8-14(20)19(17-10-12)7-5-13-4-6-16-18(13)3/h4,6,8,10-11,15H,5,7,9H2,1-3H3. The Morgan fingerprint density at radius 1 is 1.35 bits per heavy atom. The molecule has 0 aliphatic heterocycles. The molecule has 0 spiro atoms. The molecule has 0 saturated carbocycles. The van der Waals surface area contributed by atoms with Crippen LogP contribution in [0.3, 0.4) is 0 Å². The summed E-state index contributed by atoms with van der Waals surface area (Å²) in [6.45, 7) is 5.63. The van der Waals surface area contributed by atoms with Crippen LogP contribution in [0.4, 0.5) is 5.69 Å². The van der Waals surface area contributed by atoms with Gasteiger partial charge in [0.2, 0.25) is 0 Å². The molecule has 0 amide bonds. The van der Waals surface area contributed by atoms with Gasteiger partial charge in [-0.25, -0.2) is 4.68 Å². The van der Waals surface area contributed by atoms with Gasteiger partial charge in [-0.1, -0.05) is 13.8 Å². The van der Waals surface area contributed by atoms with Gasteiger partial charge in [0.15, 0.2) is 0 Å². The zero-order chi connectivity index (χ0) is 14.5. The van der Waals surface area contributed by atoms with Crippen LogP contribution in [0.5, 0.6) is 0 Å². The molecule has 0 aliphatic rings. The molecule has 6 nitrogen and oxygen atoms in total. The van der Waals surface area contributed by atoms with Crippen LogP contribution < -0.4 is 10.9 Å². The highest BCUT2D eigenvalue weighted by Gasteiger charge is 2.03. The van der Waals surface area contributed by atoms with Gasteiger partial charge in [0.05, 0.1) is 18.4 Å². The number of anilines is 1. The van der Waals surface area contributed by atoms with E-state index in [4.69, 9.17) is 0 Å². The fourth-order valence-electron chi connectivity index (χ4n) is 1.89. The molecule has 0 bridgehead atoms. The van der Waals surface area contributed by atoms with Crippen molar-refractivity contribution in [1.29, 1.82) is 0 Å². The average molecular weight is 275 g/mol. The smallest absolute Gasteiger partial charge is 0.268 e. The van der Waals surface area contributed by atoms with Gasteiger partial charge in [-0.3, -0.25) is 9.48 Å². The lowest BCUT2D eigenvalue weighted by Gasteiger charge is -2.09. The third-order valence-electron chi connectivity index (χ3n) is 3.09. The second kappa shape index (κ2) is 6.36. The Kier molecular flexibility index (Phi) is 4.55. The lowest BCUT2D eigenvalue weighted by atomic mass is 10.2. The topological polar surface area (TPSA) is 64.7 Å². The molecule has 20 heavy (non-hydrogen) atoms. The number of nitrogens with zero attached hydrogens (tertiary/aromatic N) is 4. The molecule has 0 radical (unpaired) electrons. The molecule has 2 aromatic heterocycles. The minimum Gasteiger partial charge on any atom is -0.383 e. The van der Waals surface area contributed by atoms with E-state index in [9.17, 15) is 4.79 Å². The molecule has 108 valence electrons. The highest BCUT2D eigenvalue weighted by Crippen LogP contribution is 2.03. The van der Waals surface area contributed by atoms with Crippen LogP contribution in [0.25, 0.3) is 0 Å². The molecule has 6 heteroatoms. The normalized spacial score (nSPS) is 11.0. The molecule has 0 saturated heterocycles. The summed E-state index contributed by atoms with van der Waals surface area (Å²) >= 11 is 0. The Bertz CT molecular complexity index is 614. The summed E-state index contributed by atoms with van der Waals surface area (Å²) < 4.78 is 3.29. The first-order valence-corrected chi connectivity index (χ1v) is 6.84. The predicted molar refractivity (Wildman–Crippen MR) is 78.7 cm³/mol. The van der Waals surface area contributed by atoms with Gasteiger partial charge in [-0.2, -0.15) is 10.2 Å². The summed E-state index contributed by atoms with van der Waals surface area (Å²) in [5, 5.41) is 11.5. The first-order chi connectivity index (χ1) is 9.56. The van der Waals surface area contributed by atoms with Crippen LogP contribution in [-0.2, 0) is 20.0 Å². The van der Waals surface area contributed by atoms with Gasteiger partial charge < -0.3 is 5.32 Å². The van der Waals surface area contributed by atoms with Gasteiger partial charge in [0, 0.05) is 38.0 Å². The number of aryl methyl sites for hydroxylation is 3. The Morgan fingerprint density at radius 2 is 2.15 bits per heavy atom. The summed E-state index contributed by atoms with van der Waals surface area (Å²) in [6.07, 6.45) is 4.19. The Balaban J connectivity index is 1.99. The summed E-state index contributed by atoms with van der Waals surface area (Å²) in [5.74, 6) is 0.530. The van der Waals surface area contributed by atoms with Gasteiger partial charge in [-0.05, 0) is 12.0 Å². The number of hydrogen-bond acceptors (Lipinski definition) is 4. The van der Waals surface area contributed by atoms with Crippen LogP contribution in [0, 0.1) is 5.92 Å².